The summed E-state index contributed by atoms with van der Waals surface area (Å²) in [6.45, 7) is 9.59. The molecule has 0 saturated carbocycles. The van der Waals surface area contributed by atoms with E-state index in [2.05, 4.69) is 26.1 Å². The second-order valence-corrected chi connectivity index (χ2v) is 5.57. The Kier molecular flexibility index (Phi) is 5.14. The van der Waals surface area contributed by atoms with E-state index in [1.165, 1.54) is 0 Å². The number of thioether (sulfide) groups is 1. The Hall–Kier alpha value is 0.270. The van der Waals surface area contributed by atoms with E-state index in [0.29, 0.717) is 16.5 Å². The van der Waals surface area contributed by atoms with Crippen molar-refractivity contribution in [3.05, 3.63) is 0 Å². The predicted octanol–water partition coefficient (Wildman–Crippen LogP) is 1.90. The summed E-state index contributed by atoms with van der Waals surface area (Å²) < 4.78 is 5.50. The second kappa shape index (κ2) is 5.89. The zero-order valence-corrected chi connectivity index (χ0v) is 9.69. The Bertz CT molecular complexity index is 139. The molecule has 0 aromatic rings. The Morgan fingerprint density at radius 3 is 2.92 bits per heavy atom. The van der Waals surface area contributed by atoms with Crippen LogP contribution in [0.25, 0.3) is 0 Å². The van der Waals surface area contributed by atoms with Gasteiger partial charge in [-0.05, 0) is 18.2 Å². The van der Waals surface area contributed by atoms with Gasteiger partial charge in [0.15, 0.2) is 0 Å². The van der Waals surface area contributed by atoms with Crippen LogP contribution in [0.1, 0.15) is 27.2 Å². The standard InChI is InChI=1S/C10H21NOS/c1-4-11-9-5-6-12-7-10(9)13-8(2)3/h8-11H,4-7H2,1-3H3. The van der Waals surface area contributed by atoms with Gasteiger partial charge in [-0.2, -0.15) is 11.8 Å². The van der Waals surface area contributed by atoms with Crippen LogP contribution >= 0.6 is 11.8 Å². The molecule has 1 saturated heterocycles. The van der Waals surface area contributed by atoms with E-state index in [1.807, 2.05) is 11.8 Å². The molecule has 1 rings (SSSR count). The zero-order chi connectivity index (χ0) is 9.68. The molecule has 0 bridgehead atoms. The molecule has 0 aliphatic carbocycles. The summed E-state index contributed by atoms with van der Waals surface area (Å²) in [5.74, 6) is 0. The Balaban J connectivity index is 2.36. The van der Waals surface area contributed by atoms with Crippen molar-refractivity contribution in [1.82, 2.24) is 5.32 Å². The Morgan fingerprint density at radius 2 is 2.31 bits per heavy atom. The van der Waals surface area contributed by atoms with Crippen molar-refractivity contribution >= 4 is 11.8 Å². The SMILES string of the molecule is CCNC1CCOCC1SC(C)C. The van der Waals surface area contributed by atoms with E-state index in [4.69, 9.17) is 4.74 Å². The van der Waals surface area contributed by atoms with Gasteiger partial charge in [-0.15, -0.1) is 0 Å². The summed E-state index contributed by atoms with van der Waals surface area (Å²) in [5, 5.41) is 4.89. The van der Waals surface area contributed by atoms with Crippen molar-refractivity contribution in [2.45, 2.75) is 43.7 Å². The lowest BCUT2D eigenvalue weighted by molar-refractivity contribution is 0.0836. The molecule has 0 aromatic heterocycles. The number of hydrogen-bond acceptors (Lipinski definition) is 3. The maximum Gasteiger partial charge on any atom is 0.0600 e. The fourth-order valence-corrected chi connectivity index (χ4v) is 2.99. The van der Waals surface area contributed by atoms with E-state index >= 15 is 0 Å². The summed E-state index contributed by atoms with van der Waals surface area (Å²) in [6, 6.07) is 0.658. The first-order chi connectivity index (χ1) is 6.24. The third-order valence-electron chi connectivity index (χ3n) is 2.22. The molecule has 1 heterocycles. The topological polar surface area (TPSA) is 21.3 Å². The number of rotatable bonds is 4. The minimum absolute atomic E-state index is 0.647. The van der Waals surface area contributed by atoms with Crippen LogP contribution in [0.4, 0.5) is 0 Å². The van der Waals surface area contributed by atoms with Gasteiger partial charge in [-0.1, -0.05) is 20.8 Å². The lowest BCUT2D eigenvalue weighted by atomic mass is 10.1. The van der Waals surface area contributed by atoms with Gasteiger partial charge < -0.3 is 10.1 Å². The monoisotopic (exact) mass is 203 g/mol. The van der Waals surface area contributed by atoms with Gasteiger partial charge >= 0.3 is 0 Å². The predicted molar refractivity (Wildman–Crippen MR) is 59.4 cm³/mol. The minimum Gasteiger partial charge on any atom is -0.380 e. The van der Waals surface area contributed by atoms with E-state index in [0.717, 1.165) is 26.2 Å². The van der Waals surface area contributed by atoms with Crippen LogP contribution in [0.2, 0.25) is 0 Å². The number of nitrogens with one attached hydrogen (secondary N) is 1. The van der Waals surface area contributed by atoms with Crippen LogP contribution in [0.15, 0.2) is 0 Å². The Labute approximate surface area is 85.8 Å². The maximum absolute atomic E-state index is 5.50. The molecular formula is C10H21NOS. The summed E-state index contributed by atoms with van der Waals surface area (Å²) in [4.78, 5) is 0. The van der Waals surface area contributed by atoms with Crippen LogP contribution in [-0.2, 0) is 4.74 Å². The van der Waals surface area contributed by atoms with Crippen molar-refractivity contribution in [3.63, 3.8) is 0 Å². The minimum atomic E-state index is 0.647. The highest BCUT2D eigenvalue weighted by Crippen LogP contribution is 2.24. The first-order valence-corrected chi connectivity index (χ1v) is 6.15. The molecular weight excluding hydrogens is 182 g/mol. The average molecular weight is 203 g/mol. The fraction of sp³-hybridized carbons (Fsp3) is 1.00. The average Bonchev–Trinajstić information content (AvgIpc) is 2.08. The van der Waals surface area contributed by atoms with Crippen LogP contribution in [0.3, 0.4) is 0 Å². The highest BCUT2D eigenvalue weighted by atomic mass is 32.2. The molecule has 2 nitrogen and oxygen atoms in total. The van der Waals surface area contributed by atoms with Crippen LogP contribution in [0.5, 0.6) is 0 Å². The van der Waals surface area contributed by atoms with Crippen molar-refractivity contribution in [2.24, 2.45) is 0 Å². The van der Waals surface area contributed by atoms with Gasteiger partial charge in [0.05, 0.1) is 6.61 Å². The third-order valence-corrected chi connectivity index (χ3v) is 3.58. The molecule has 78 valence electrons. The molecule has 1 aliphatic heterocycles. The molecule has 13 heavy (non-hydrogen) atoms. The number of ether oxygens (including phenoxy) is 1. The lowest BCUT2D eigenvalue weighted by Crippen LogP contribution is -2.45. The summed E-state index contributed by atoms with van der Waals surface area (Å²) in [7, 11) is 0. The van der Waals surface area contributed by atoms with Crippen LogP contribution in [0, 0.1) is 0 Å². The fourth-order valence-electron chi connectivity index (χ4n) is 1.69. The van der Waals surface area contributed by atoms with Gasteiger partial charge in [0, 0.05) is 17.9 Å². The summed E-state index contributed by atoms with van der Waals surface area (Å²) in [6.07, 6.45) is 1.16. The summed E-state index contributed by atoms with van der Waals surface area (Å²) in [5.41, 5.74) is 0. The molecule has 2 atom stereocenters. The van der Waals surface area contributed by atoms with Crippen molar-refractivity contribution in [3.8, 4) is 0 Å². The molecule has 2 unspecified atom stereocenters. The largest absolute Gasteiger partial charge is 0.380 e. The molecule has 1 fully saturated rings. The Morgan fingerprint density at radius 1 is 1.54 bits per heavy atom. The molecule has 0 spiro atoms. The molecule has 0 amide bonds. The quantitative estimate of drug-likeness (QED) is 0.754. The lowest BCUT2D eigenvalue weighted by Gasteiger charge is -2.32. The van der Waals surface area contributed by atoms with Crippen molar-refractivity contribution in [1.29, 1.82) is 0 Å². The highest BCUT2D eigenvalue weighted by molar-refractivity contribution is 8.00. The van der Waals surface area contributed by atoms with E-state index in [-0.39, 0.29) is 0 Å². The molecule has 0 aromatic carbocycles. The zero-order valence-electron chi connectivity index (χ0n) is 8.88. The van der Waals surface area contributed by atoms with E-state index in [1.54, 1.807) is 0 Å². The maximum atomic E-state index is 5.50. The van der Waals surface area contributed by atoms with Crippen molar-refractivity contribution < 1.29 is 4.74 Å². The molecule has 1 N–H and O–H groups in total. The van der Waals surface area contributed by atoms with E-state index < -0.39 is 0 Å². The van der Waals surface area contributed by atoms with Gasteiger partial charge in [-0.3, -0.25) is 0 Å². The second-order valence-electron chi connectivity index (χ2n) is 3.75. The molecule has 1 aliphatic rings. The molecule has 3 heteroatoms. The van der Waals surface area contributed by atoms with E-state index in [9.17, 15) is 0 Å². The van der Waals surface area contributed by atoms with Gasteiger partial charge in [0.25, 0.3) is 0 Å². The van der Waals surface area contributed by atoms with Gasteiger partial charge in [-0.25, -0.2) is 0 Å². The third kappa shape index (κ3) is 3.88. The van der Waals surface area contributed by atoms with Crippen molar-refractivity contribution in [2.75, 3.05) is 19.8 Å². The van der Waals surface area contributed by atoms with Crippen LogP contribution < -0.4 is 5.32 Å². The molecule has 0 radical (unpaired) electrons. The number of hydrogen-bond donors (Lipinski definition) is 1. The highest BCUT2D eigenvalue weighted by Gasteiger charge is 2.25. The smallest absolute Gasteiger partial charge is 0.0600 e. The summed E-state index contributed by atoms with van der Waals surface area (Å²) >= 11 is 2.04. The normalized spacial score (nSPS) is 29.5. The first-order valence-electron chi connectivity index (χ1n) is 5.20. The van der Waals surface area contributed by atoms with Crippen LogP contribution in [-0.4, -0.2) is 36.3 Å². The van der Waals surface area contributed by atoms with Gasteiger partial charge in [0.2, 0.25) is 0 Å². The first kappa shape index (κ1) is 11.3. The van der Waals surface area contributed by atoms with Gasteiger partial charge in [0.1, 0.15) is 0 Å².